The van der Waals surface area contributed by atoms with Crippen molar-refractivity contribution in [1.29, 1.82) is 0 Å². The lowest BCUT2D eigenvalue weighted by atomic mass is 9.99. The SMILES string of the molecule is CCCCc1c(C)cccc1N1CCCCC1.N. The molecule has 2 nitrogen and oxygen atoms in total. The van der Waals surface area contributed by atoms with Gasteiger partial charge in [-0.25, -0.2) is 0 Å². The lowest BCUT2D eigenvalue weighted by molar-refractivity contribution is 0.575. The average molecular weight is 248 g/mol. The van der Waals surface area contributed by atoms with Crippen molar-refractivity contribution in [3.05, 3.63) is 29.3 Å². The van der Waals surface area contributed by atoms with Crippen LogP contribution in [0.15, 0.2) is 18.2 Å². The number of anilines is 1. The van der Waals surface area contributed by atoms with Crippen LogP contribution in [0.5, 0.6) is 0 Å². The van der Waals surface area contributed by atoms with Gasteiger partial charge in [-0.1, -0.05) is 25.5 Å². The minimum Gasteiger partial charge on any atom is -0.371 e. The number of piperidine rings is 1. The first-order valence-electron chi connectivity index (χ1n) is 7.16. The third-order valence-corrected chi connectivity index (χ3v) is 3.86. The third-order valence-electron chi connectivity index (χ3n) is 3.86. The molecule has 0 aliphatic carbocycles. The molecule has 102 valence electrons. The number of unbranched alkanes of at least 4 members (excludes halogenated alkanes) is 1. The highest BCUT2D eigenvalue weighted by Crippen LogP contribution is 2.27. The molecule has 2 rings (SSSR count). The van der Waals surface area contributed by atoms with E-state index in [9.17, 15) is 0 Å². The summed E-state index contributed by atoms with van der Waals surface area (Å²) in [5.41, 5.74) is 4.58. The molecule has 1 aliphatic heterocycles. The van der Waals surface area contributed by atoms with Crippen molar-refractivity contribution in [1.82, 2.24) is 6.15 Å². The van der Waals surface area contributed by atoms with E-state index in [-0.39, 0.29) is 6.15 Å². The van der Waals surface area contributed by atoms with E-state index in [2.05, 4.69) is 36.9 Å². The number of aryl methyl sites for hydroxylation is 1. The highest BCUT2D eigenvalue weighted by Gasteiger charge is 2.14. The first kappa shape index (κ1) is 15.0. The van der Waals surface area contributed by atoms with Gasteiger partial charge in [0.1, 0.15) is 0 Å². The molecule has 0 spiro atoms. The van der Waals surface area contributed by atoms with Gasteiger partial charge in [0.05, 0.1) is 0 Å². The Bertz CT molecular complexity index is 354. The van der Waals surface area contributed by atoms with Crippen molar-refractivity contribution in [3.8, 4) is 0 Å². The van der Waals surface area contributed by atoms with Gasteiger partial charge in [-0.15, -0.1) is 0 Å². The molecule has 18 heavy (non-hydrogen) atoms. The number of hydrogen-bond acceptors (Lipinski definition) is 2. The number of rotatable bonds is 4. The molecule has 0 aromatic heterocycles. The first-order chi connectivity index (χ1) is 8.33. The van der Waals surface area contributed by atoms with Gasteiger partial charge < -0.3 is 11.1 Å². The minimum atomic E-state index is 0. The zero-order chi connectivity index (χ0) is 12.1. The maximum Gasteiger partial charge on any atom is 0.0401 e. The van der Waals surface area contributed by atoms with Gasteiger partial charge in [0, 0.05) is 18.8 Å². The average Bonchev–Trinajstić information content (AvgIpc) is 2.38. The Morgan fingerprint density at radius 2 is 1.83 bits per heavy atom. The monoisotopic (exact) mass is 248 g/mol. The Balaban J connectivity index is 0.00000162. The molecular weight excluding hydrogens is 220 g/mol. The molecule has 2 heteroatoms. The fourth-order valence-corrected chi connectivity index (χ4v) is 2.80. The van der Waals surface area contributed by atoms with Gasteiger partial charge in [0.15, 0.2) is 0 Å². The molecule has 1 fully saturated rings. The fourth-order valence-electron chi connectivity index (χ4n) is 2.80. The van der Waals surface area contributed by atoms with E-state index in [1.54, 1.807) is 5.56 Å². The molecule has 1 aromatic rings. The van der Waals surface area contributed by atoms with E-state index >= 15 is 0 Å². The topological polar surface area (TPSA) is 38.2 Å². The summed E-state index contributed by atoms with van der Waals surface area (Å²) in [6.07, 6.45) is 7.98. The molecule has 1 aromatic carbocycles. The van der Waals surface area contributed by atoms with Gasteiger partial charge in [-0.05, 0) is 56.2 Å². The zero-order valence-corrected chi connectivity index (χ0v) is 12.0. The lowest BCUT2D eigenvalue weighted by Gasteiger charge is -2.31. The second kappa shape index (κ2) is 7.42. The van der Waals surface area contributed by atoms with Gasteiger partial charge >= 0.3 is 0 Å². The van der Waals surface area contributed by atoms with Crippen LogP contribution in [0.3, 0.4) is 0 Å². The summed E-state index contributed by atoms with van der Waals surface area (Å²) in [5.74, 6) is 0. The highest BCUT2D eigenvalue weighted by molar-refractivity contribution is 5.57. The van der Waals surface area contributed by atoms with Gasteiger partial charge in [-0.2, -0.15) is 0 Å². The van der Waals surface area contributed by atoms with Crippen LogP contribution in [0.1, 0.15) is 50.2 Å². The number of hydrogen-bond donors (Lipinski definition) is 1. The Hall–Kier alpha value is -1.02. The zero-order valence-electron chi connectivity index (χ0n) is 12.0. The van der Waals surface area contributed by atoms with Crippen LogP contribution in [0.4, 0.5) is 5.69 Å². The van der Waals surface area contributed by atoms with Crippen LogP contribution in [0.25, 0.3) is 0 Å². The predicted octanol–water partition coefficient (Wildman–Crippen LogP) is 4.49. The van der Waals surface area contributed by atoms with Gasteiger partial charge in [0.25, 0.3) is 0 Å². The van der Waals surface area contributed by atoms with Crippen molar-refractivity contribution >= 4 is 5.69 Å². The Kier molecular flexibility index (Phi) is 6.20. The van der Waals surface area contributed by atoms with Crippen molar-refractivity contribution < 1.29 is 0 Å². The molecule has 1 saturated heterocycles. The summed E-state index contributed by atoms with van der Waals surface area (Å²) in [5, 5.41) is 0. The molecule has 0 unspecified atom stereocenters. The van der Waals surface area contributed by atoms with E-state index in [1.807, 2.05) is 0 Å². The van der Waals surface area contributed by atoms with Crippen molar-refractivity contribution in [2.45, 2.75) is 52.4 Å². The van der Waals surface area contributed by atoms with Crippen LogP contribution in [0.2, 0.25) is 0 Å². The van der Waals surface area contributed by atoms with Crippen molar-refractivity contribution in [2.75, 3.05) is 18.0 Å². The Labute approximate surface area is 112 Å². The van der Waals surface area contributed by atoms with Crippen LogP contribution >= 0.6 is 0 Å². The second-order valence-electron chi connectivity index (χ2n) is 5.22. The number of benzene rings is 1. The van der Waals surface area contributed by atoms with E-state index in [0.29, 0.717) is 0 Å². The Morgan fingerprint density at radius 1 is 1.11 bits per heavy atom. The maximum absolute atomic E-state index is 2.60. The maximum atomic E-state index is 2.60. The minimum absolute atomic E-state index is 0. The normalized spacial score (nSPS) is 15.3. The molecule has 0 atom stereocenters. The van der Waals surface area contributed by atoms with E-state index < -0.39 is 0 Å². The Morgan fingerprint density at radius 3 is 2.50 bits per heavy atom. The van der Waals surface area contributed by atoms with Crippen LogP contribution in [-0.4, -0.2) is 13.1 Å². The fraction of sp³-hybridized carbons (Fsp3) is 0.625. The van der Waals surface area contributed by atoms with E-state index in [4.69, 9.17) is 0 Å². The smallest absolute Gasteiger partial charge is 0.0401 e. The molecule has 0 bridgehead atoms. The van der Waals surface area contributed by atoms with E-state index in [1.165, 1.54) is 62.9 Å². The van der Waals surface area contributed by atoms with Gasteiger partial charge in [0.2, 0.25) is 0 Å². The van der Waals surface area contributed by atoms with Gasteiger partial charge in [-0.3, -0.25) is 0 Å². The molecule has 1 aliphatic rings. The summed E-state index contributed by atoms with van der Waals surface area (Å²) < 4.78 is 0. The number of nitrogens with zero attached hydrogens (tertiary/aromatic N) is 1. The molecule has 0 amide bonds. The van der Waals surface area contributed by atoms with Crippen molar-refractivity contribution in [2.24, 2.45) is 0 Å². The lowest BCUT2D eigenvalue weighted by Crippen LogP contribution is -2.30. The molecular formula is C16H28N2. The summed E-state index contributed by atoms with van der Waals surface area (Å²) in [6, 6.07) is 6.80. The third kappa shape index (κ3) is 3.49. The molecule has 0 saturated carbocycles. The second-order valence-corrected chi connectivity index (χ2v) is 5.22. The van der Waals surface area contributed by atoms with Crippen LogP contribution in [-0.2, 0) is 6.42 Å². The van der Waals surface area contributed by atoms with Crippen molar-refractivity contribution in [3.63, 3.8) is 0 Å². The van der Waals surface area contributed by atoms with E-state index in [0.717, 1.165) is 0 Å². The summed E-state index contributed by atoms with van der Waals surface area (Å²) in [6.45, 7) is 7.04. The summed E-state index contributed by atoms with van der Waals surface area (Å²) in [7, 11) is 0. The first-order valence-corrected chi connectivity index (χ1v) is 7.16. The highest BCUT2D eigenvalue weighted by atomic mass is 15.1. The molecule has 1 heterocycles. The van der Waals surface area contributed by atoms with Crippen LogP contribution in [0, 0.1) is 6.92 Å². The standard InChI is InChI=1S/C16H25N.H3N/c1-3-4-10-15-14(2)9-8-11-16(15)17-12-6-5-7-13-17;/h8-9,11H,3-7,10,12-13H2,1-2H3;1H3. The van der Waals surface area contributed by atoms with Crippen LogP contribution < -0.4 is 11.1 Å². The summed E-state index contributed by atoms with van der Waals surface area (Å²) in [4.78, 5) is 2.60. The largest absolute Gasteiger partial charge is 0.371 e. The predicted molar refractivity (Wildman–Crippen MR) is 80.9 cm³/mol. The molecule has 0 radical (unpaired) electrons. The molecule has 3 N–H and O–H groups in total. The quantitative estimate of drug-likeness (QED) is 0.852. The summed E-state index contributed by atoms with van der Waals surface area (Å²) >= 11 is 0.